The molecule has 1 aliphatic heterocycles. The number of fused-ring (bicyclic) bond motifs is 1. The Morgan fingerprint density at radius 3 is 2.84 bits per heavy atom. The fourth-order valence-corrected chi connectivity index (χ4v) is 2.73. The first-order valence-electron chi connectivity index (χ1n) is 8.00. The zero-order valence-corrected chi connectivity index (χ0v) is 13.8. The van der Waals surface area contributed by atoms with E-state index < -0.39 is 6.17 Å². The van der Waals surface area contributed by atoms with Crippen LogP contribution in [-0.4, -0.2) is 23.7 Å². The lowest BCUT2D eigenvalue weighted by atomic mass is 10.0. The molecule has 1 aromatic heterocycles. The van der Waals surface area contributed by atoms with Crippen molar-refractivity contribution in [3.05, 3.63) is 53.9 Å². The van der Waals surface area contributed by atoms with Crippen LogP contribution in [0.15, 0.2) is 58.6 Å². The number of carbonyl (C=O) groups excluding carboxylic acids is 1. The lowest BCUT2D eigenvalue weighted by Gasteiger charge is -2.14. The average Bonchev–Trinajstić information content (AvgIpc) is 2.81. The summed E-state index contributed by atoms with van der Waals surface area (Å²) in [6, 6.07) is 9.85. The van der Waals surface area contributed by atoms with Gasteiger partial charge in [0.15, 0.2) is 0 Å². The van der Waals surface area contributed by atoms with Gasteiger partial charge in [0.2, 0.25) is 0 Å². The zero-order chi connectivity index (χ0) is 17.6. The maximum atomic E-state index is 12.2. The number of ether oxygens (including phenoxy) is 1. The van der Waals surface area contributed by atoms with Crippen LogP contribution in [0.3, 0.4) is 0 Å². The van der Waals surface area contributed by atoms with E-state index in [1.807, 2.05) is 36.4 Å². The Bertz CT molecular complexity index is 817. The number of anilines is 1. The minimum atomic E-state index is -0.436. The molecule has 0 radical (unpaired) electrons. The van der Waals surface area contributed by atoms with E-state index in [4.69, 9.17) is 10.6 Å². The molecule has 2 aromatic rings. The van der Waals surface area contributed by atoms with Gasteiger partial charge in [-0.05, 0) is 47.9 Å². The van der Waals surface area contributed by atoms with Crippen molar-refractivity contribution in [2.75, 3.05) is 11.9 Å². The Hall–Kier alpha value is -3.22. The molecule has 3 rings (SSSR count). The molecule has 7 nitrogen and oxygen atoms in total. The van der Waals surface area contributed by atoms with Gasteiger partial charge in [-0.2, -0.15) is 0 Å². The number of nitrogens with one attached hydrogen (secondary N) is 1. The number of hydrogen-bond acceptors (Lipinski definition) is 6. The van der Waals surface area contributed by atoms with Crippen LogP contribution in [0.2, 0.25) is 0 Å². The van der Waals surface area contributed by atoms with E-state index in [9.17, 15) is 4.79 Å². The van der Waals surface area contributed by atoms with E-state index in [1.54, 1.807) is 19.3 Å². The van der Waals surface area contributed by atoms with Gasteiger partial charge >= 0.3 is 5.97 Å². The summed E-state index contributed by atoms with van der Waals surface area (Å²) in [6.45, 7) is 2.10. The van der Waals surface area contributed by atoms with Crippen LogP contribution < -0.4 is 11.2 Å². The maximum absolute atomic E-state index is 12.2. The fraction of sp³-hybridized carbons (Fsp3) is 0.222. The highest BCUT2D eigenvalue weighted by molar-refractivity contribution is 5.95. The molecule has 1 unspecified atom stereocenters. The second kappa shape index (κ2) is 7.57. The number of carbonyl (C=O) groups is 1. The molecule has 0 bridgehead atoms. The summed E-state index contributed by atoms with van der Waals surface area (Å²) in [6.07, 6.45) is 5.23. The van der Waals surface area contributed by atoms with E-state index in [2.05, 4.69) is 20.6 Å². The van der Waals surface area contributed by atoms with Crippen molar-refractivity contribution >= 4 is 17.7 Å². The van der Waals surface area contributed by atoms with Crippen molar-refractivity contribution in [1.29, 1.82) is 0 Å². The Kier molecular flexibility index (Phi) is 5.03. The molecule has 0 fully saturated rings. The van der Waals surface area contributed by atoms with Crippen molar-refractivity contribution < 1.29 is 9.53 Å². The maximum Gasteiger partial charge on any atom is 0.334 e. The molecule has 2 heterocycles. The first-order chi connectivity index (χ1) is 12.2. The molecule has 0 saturated carbocycles. The summed E-state index contributed by atoms with van der Waals surface area (Å²) in [4.78, 5) is 16.2. The smallest absolute Gasteiger partial charge is 0.334 e. The van der Waals surface area contributed by atoms with Gasteiger partial charge in [-0.3, -0.25) is 4.98 Å². The van der Waals surface area contributed by atoms with Crippen molar-refractivity contribution in [2.45, 2.75) is 19.5 Å². The SMILES string of the molecule is CCOC(=O)C1=Cc2ccc(-c3ccncc3)cc2NC(N=NN)C1. The van der Waals surface area contributed by atoms with E-state index in [-0.39, 0.29) is 5.97 Å². The molecule has 1 aromatic carbocycles. The zero-order valence-electron chi connectivity index (χ0n) is 13.8. The first kappa shape index (κ1) is 16.6. The van der Waals surface area contributed by atoms with E-state index in [1.165, 1.54) is 0 Å². The number of aromatic nitrogens is 1. The quantitative estimate of drug-likeness (QED) is 0.386. The summed E-state index contributed by atoms with van der Waals surface area (Å²) in [5.41, 5.74) is 4.35. The van der Waals surface area contributed by atoms with Gasteiger partial charge in [-0.1, -0.05) is 17.4 Å². The number of rotatable bonds is 4. The predicted octanol–water partition coefficient (Wildman–Crippen LogP) is 3.16. The Labute approximate surface area is 145 Å². The van der Waals surface area contributed by atoms with Crippen LogP contribution >= 0.6 is 0 Å². The van der Waals surface area contributed by atoms with Gasteiger partial charge in [0.25, 0.3) is 0 Å². The minimum absolute atomic E-state index is 0.320. The average molecular weight is 337 g/mol. The number of esters is 1. The van der Waals surface area contributed by atoms with Gasteiger partial charge in [0.05, 0.1) is 6.61 Å². The van der Waals surface area contributed by atoms with E-state index in [0.717, 1.165) is 22.4 Å². The molecule has 3 N–H and O–H groups in total. The number of benzene rings is 1. The van der Waals surface area contributed by atoms with Gasteiger partial charge in [-0.25, -0.2) is 4.79 Å². The highest BCUT2D eigenvalue weighted by Crippen LogP contribution is 2.31. The molecule has 128 valence electrons. The number of hydrogen-bond donors (Lipinski definition) is 2. The fourth-order valence-electron chi connectivity index (χ4n) is 2.73. The first-order valence-corrected chi connectivity index (χ1v) is 8.00. The summed E-state index contributed by atoms with van der Waals surface area (Å²) < 4.78 is 5.13. The molecular formula is C18H19N5O2. The van der Waals surface area contributed by atoms with Crippen molar-refractivity contribution in [3.8, 4) is 11.1 Å². The summed E-state index contributed by atoms with van der Waals surface area (Å²) >= 11 is 0. The molecule has 0 saturated heterocycles. The number of pyridine rings is 1. The molecule has 7 heteroatoms. The monoisotopic (exact) mass is 337 g/mol. The highest BCUT2D eigenvalue weighted by atomic mass is 16.5. The van der Waals surface area contributed by atoms with Crippen LogP contribution in [0.1, 0.15) is 18.9 Å². The van der Waals surface area contributed by atoms with Crippen molar-refractivity contribution in [2.24, 2.45) is 16.2 Å². The third-order valence-corrected chi connectivity index (χ3v) is 3.88. The Balaban J connectivity index is 2.02. The van der Waals surface area contributed by atoms with Crippen molar-refractivity contribution in [1.82, 2.24) is 4.98 Å². The van der Waals surface area contributed by atoms with Gasteiger partial charge in [0.1, 0.15) is 6.17 Å². The summed E-state index contributed by atoms with van der Waals surface area (Å²) in [5.74, 6) is 4.85. The van der Waals surface area contributed by atoms with Gasteiger partial charge < -0.3 is 15.9 Å². The molecule has 0 amide bonds. The number of nitrogens with zero attached hydrogens (tertiary/aromatic N) is 3. The van der Waals surface area contributed by atoms with Gasteiger partial charge in [0, 0.05) is 30.1 Å². The Morgan fingerprint density at radius 2 is 2.12 bits per heavy atom. The lowest BCUT2D eigenvalue weighted by molar-refractivity contribution is -0.138. The van der Waals surface area contributed by atoms with E-state index in [0.29, 0.717) is 18.6 Å². The van der Waals surface area contributed by atoms with E-state index >= 15 is 0 Å². The second-order valence-electron chi connectivity index (χ2n) is 5.52. The molecular weight excluding hydrogens is 318 g/mol. The second-order valence-corrected chi connectivity index (χ2v) is 5.52. The topological polar surface area (TPSA) is 102 Å². The standard InChI is InChI=1S/C18H19N5O2/c1-2-25-18(24)15-9-14-4-3-13(12-5-7-20-8-6-12)10-16(14)21-17(11-15)22-23-19/h3-10,17,21H,2,11H2,1H3,(H2,19,22). The third kappa shape index (κ3) is 3.82. The molecule has 0 aliphatic carbocycles. The molecule has 1 aliphatic rings. The van der Waals surface area contributed by atoms with Crippen LogP contribution in [0.4, 0.5) is 5.69 Å². The summed E-state index contributed by atoms with van der Waals surface area (Å²) in [7, 11) is 0. The largest absolute Gasteiger partial charge is 0.463 e. The predicted molar refractivity (Wildman–Crippen MR) is 95.4 cm³/mol. The third-order valence-electron chi connectivity index (χ3n) is 3.88. The molecule has 1 atom stereocenters. The van der Waals surface area contributed by atoms with Gasteiger partial charge in [-0.15, -0.1) is 5.11 Å². The normalized spacial score (nSPS) is 16.5. The Morgan fingerprint density at radius 1 is 1.32 bits per heavy atom. The minimum Gasteiger partial charge on any atom is -0.463 e. The van der Waals surface area contributed by atoms with Crippen molar-refractivity contribution in [3.63, 3.8) is 0 Å². The highest BCUT2D eigenvalue weighted by Gasteiger charge is 2.22. The lowest BCUT2D eigenvalue weighted by Crippen LogP contribution is -2.19. The summed E-state index contributed by atoms with van der Waals surface area (Å²) in [5, 5.41) is 10.6. The van der Waals surface area contributed by atoms with Crippen LogP contribution in [-0.2, 0) is 9.53 Å². The number of nitrogens with two attached hydrogens (primary N) is 1. The molecule has 25 heavy (non-hydrogen) atoms. The van der Waals surface area contributed by atoms with Crippen LogP contribution in [0.5, 0.6) is 0 Å². The van der Waals surface area contributed by atoms with Crippen LogP contribution in [0.25, 0.3) is 17.2 Å². The van der Waals surface area contributed by atoms with Crippen LogP contribution in [0, 0.1) is 0 Å². The molecule has 0 spiro atoms.